The minimum atomic E-state index is -0.206. The number of rotatable bonds is 2. The van der Waals surface area contributed by atoms with Gasteiger partial charge in [0.25, 0.3) is 5.91 Å². The number of hydrogen-bond acceptors (Lipinski definition) is 3. The Labute approximate surface area is 125 Å². The van der Waals surface area contributed by atoms with E-state index < -0.39 is 0 Å². The molecule has 0 saturated carbocycles. The lowest BCUT2D eigenvalue weighted by Crippen LogP contribution is -2.58. The number of piperazine rings is 1. The molecule has 0 unspecified atom stereocenters. The highest BCUT2D eigenvalue weighted by molar-refractivity contribution is 5.97. The van der Waals surface area contributed by atoms with E-state index in [9.17, 15) is 9.59 Å². The molecule has 5 heteroatoms. The molecule has 1 heterocycles. The summed E-state index contributed by atoms with van der Waals surface area (Å²) in [5.41, 5.74) is 0.341. The SMILES string of the molecule is COc1cccc(C(=O)N2CCN(C(C)(C)C)C(=O)C2)c1. The number of methoxy groups -OCH3 is 1. The van der Waals surface area contributed by atoms with Crippen molar-refractivity contribution in [3.8, 4) is 5.75 Å². The number of ether oxygens (including phenoxy) is 1. The Morgan fingerprint density at radius 2 is 1.95 bits per heavy atom. The Bertz CT molecular complexity index is 549. The van der Waals surface area contributed by atoms with Gasteiger partial charge in [0.15, 0.2) is 0 Å². The van der Waals surface area contributed by atoms with Gasteiger partial charge < -0.3 is 14.5 Å². The summed E-state index contributed by atoms with van der Waals surface area (Å²) in [5.74, 6) is 0.501. The predicted molar refractivity (Wildman–Crippen MR) is 80.4 cm³/mol. The number of amides is 2. The second-order valence-electron chi connectivity index (χ2n) is 6.17. The highest BCUT2D eigenvalue weighted by atomic mass is 16.5. The number of carbonyl (C=O) groups is 2. The maximum atomic E-state index is 12.5. The van der Waals surface area contributed by atoms with E-state index in [1.54, 1.807) is 36.3 Å². The van der Waals surface area contributed by atoms with Gasteiger partial charge in [-0.15, -0.1) is 0 Å². The van der Waals surface area contributed by atoms with E-state index in [-0.39, 0.29) is 23.9 Å². The lowest BCUT2D eigenvalue weighted by molar-refractivity contribution is -0.140. The van der Waals surface area contributed by atoms with E-state index in [1.165, 1.54) is 0 Å². The number of carbonyl (C=O) groups excluding carboxylic acids is 2. The molecule has 1 saturated heterocycles. The van der Waals surface area contributed by atoms with Crippen LogP contribution in [0, 0.1) is 0 Å². The third kappa shape index (κ3) is 3.35. The monoisotopic (exact) mass is 290 g/mol. The van der Waals surface area contributed by atoms with E-state index in [4.69, 9.17) is 4.74 Å². The van der Waals surface area contributed by atoms with E-state index >= 15 is 0 Å². The van der Waals surface area contributed by atoms with Crippen LogP contribution in [0.2, 0.25) is 0 Å². The molecule has 2 rings (SSSR count). The first-order valence-corrected chi connectivity index (χ1v) is 7.07. The van der Waals surface area contributed by atoms with Gasteiger partial charge in [0.2, 0.25) is 5.91 Å². The maximum absolute atomic E-state index is 12.5. The first-order valence-electron chi connectivity index (χ1n) is 7.07. The van der Waals surface area contributed by atoms with Crippen molar-refractivity contribution >= 4 is 11.8 Å². The van der Waals surface area contributed by atoms with Crippen molar-refractivity contribution in [3.05, 3.63) is 29.8 Å². The molecule has 114 valence electrons. The fraction of sp³-hybridized carbons (Fsp3) is 0.500. The van der Waals surface area contributed by atoms with E-state index in [2.05, 4.69) is 0 Å². The first-order chi connectivity index (χ1) is 9.82. The largest absolute Gasteiger partial charge is 0.497 e. The van der Waals surface area contributed by atoms with Gasteiger partial charge in [-0.3, -0.25) is 9.59 Å². The highest BCUT2D eigenvalue weighted by Crippen LogP contribution is 2.19. The van der Waals surface area contributed by atoms with Crippen LogP contribution in [0.4, 0.5) is 0 Å². The zero-order valence-electron chi connectivity index (χ0n) is 13.0. The van der Waals surface area contributed by atoms with Gasteiger partial charge in [0.1, 0.15) is 12.3 Å². The summed E-state index contributed by atoms with van der Waals surface area (Å²) in [4.78, 5) is 28.1. The van der Waals surface area contributed by atoms with Crippen LogP contribution < -0.4 is 4.74 Å². The Morgan fingerprint density at radius 1 is 1.24 bits per heavy atom. The molecule has 0 aromatic heterocycles. The summed E-state index contributed by atoms with van der Waals surface area (Å²) in [6.07, 6.45) is 0. The van der Waals surface area contributed by atoms with Gasteiger partial charge in [0.05, 0.1) is 7.11 Å². The van der Waals surface area contributed by atoms with Gasteiger partial charge in [0, 0.05) is 24.2 Å². The topological polar surface area (TPSA) is 49.9 Å². The van der Waals surface area contributed by atoms with Gasteiger partial charge >= 0.3 is 0 Å². The molecule has 1 aliphatic heterocycles. The quantitative estimate of drug-likeness (QED) is 0.834. The molecule has 21 heavy (non-hydrogen) atoms. The molecule has 0 N–H and O–H groups in total. The summed E-state index contributed by atoms with van der Waals surface area (Å²) >= 11 is 0. The van der Waals surface area contributed by atoms with Crippen LogP contribution in [-0.4, -0.2) is 53.9 Å². The third-order valence-electron chi connectivity index (χ3n) is 3.63. The molecule has 1 fully saturated rings. The molecule has 0 bridgehead atoms. The molecule has 1 aromatic rings. The minimum absolute atomic E-state index is 0.00926. The van der Waals surface area contributed by atoms with Crippen LogP contribution in [0.5, 0.6) is 5.75 Å². The van der Waals surface area contributed by atoms with Crippen LogP contribution in [-0.2, 0) is 4.79 Å². The smallest absolute Gasteiger partial charge is 0.254 e. The number of nitrogens with zero attached hydrogens (tertiary/aromatic N) is 2. The van der Waals surface area contributed by atoms with Crippen LogP contribution >= 0.6 is 0 Å². The van der Waals surface area contributed by atoms with Crippen molar-refractivity contribution in [2.45, 2.75) is 26.3 Å². The van der Waals surface area contributed by atoms with Gasteiger partial charge in [-0.05, 0) is 39.0 Å². The summed E-state index contributed by atoms with van der Waals surface area (Å²) in [5, 5.41) is 0. The lowest BCUT2D eigenvalue weighted by Gasteiger charge is -2.42. The Morgan fingerprint density at radius 3 is 2.52 bits per heavy atom. The molecule has 0 atom stereocenters. The van der Waals surface area contributed by atoms with Gasteiger partial charge in [-0.25, -0.2) is 0 Å². The Hall–Kier alpha value is -2.04. The molecular formula is C16H22N2O3. The standard InChI is InChI=1S/C16H22N2O3/c1-16(2,3)18-9-8-17(11-14(18)19)15(20)12-6-5-7-13(10-12)21-4/h5-7,10H,8-9,11H2,1-4H3. The Balaban J connectivity index is 2.10. The first kappa shape index (κ1) is 15.4. The summed E-state index contributed by atoms with van der Waals surface area (Å²) in [6, 6.07) is 7.01. The minimum Gasteiger partial charge on any atom is -0.497 e. The van der Waals surface area contributed by atoms with E-state index in [1.807, 2.05) is 25.7 Å². The molecule has 0 aliphatic carbocycles. The normalized spacial score (nSPS) is 16.1. The average molecular weight is 290 g/mol. The Kier molecular flexibility index (Phi) is 4.21. The molecule has 1 aromatic carbocycles. The van der Waals surface area contributed by atoms with Crippen LogP contribution in [0.3, 0.4) is 0 Å². The zero-order valence-corrected chi connectivity index (χ0v) is 13.0. The highest BCUT2D eigenvalue weighted by Gasteiger charge is 2.33. The van der Waals surface area contributed by atoms with Crippen molar-refractivity contribution in [3.63, 3.8) is 0 Å². The van der Waals surface area contributed by atoms with E-state index in [0.29, 0.717) is 24.4 Å². The van der Waals surface area contributed by atoms with Gasteiger partial charge in [-0.2, -0.15) is 0 Å². The lowest BCUT2D eigenvalue weighted by atomic mass is 10.0. The average Bonchev–Trinajstić information content (AvgIpc) is 2.45. The summed E-state index contributed by atoms with van der Waals surface area (Å²) in [7, 11) is 1.56. The number of hydrogen-bond donors (Lipinski definition) is 0. The molecule has 0 spiro atoms. The van der Waals surface area contributed by atoms with E-state index in [0.717, 1.165) is 0 Å². The molecule has 0 radical (unpaired) electrons. The third-order valence-corrected chi connectivity index (χ3v) is 3.63. The molecule has 2 amide bonds. The van der Waals surface area contributed by atoms with Crippen LogP contribution in [0.1, 0.15) is 31.1 Å². The molecular weight excluding hydrogens is 268 g/mol. The molecule has 1 aliphatic rings. The fourth-order valence-electron chi connectivity index (χ4n) is 2.49. The molecule has 5 nitrogen and oxygen atoms in total. The second-order valence-corrected chi connectivity index (χ2v) is 6.17. The van der Waals surface area contributed by atoms with Crippen molar-refractivity contribution in [2.24, 2.45) is 0 Å². The fourth-order valence-corrected chi connectivity index (χ4v) is 2.49. The van der Waals surface area contributed by atoms with Crippen molar-refractivity contribution in [2.75, 3.05) is 26.7 Å². The van der Waals surface area contributed by atoms with Crippen molar-refractivity contribution in [1.29, 1.82) is 0 Å². The summed E-state index contributed by atoms with van der Waals surface area (Å²) < 4.78 is 5.13. The zero-order chi connectivity index (χ0) is 15.6. The van der Waals surface area contributed by atoms with Crippen LogP contribution in [0.15, 0.2) is 24.3 Å². The maximum Gasteiger partial charge on any atom is 0.254 e. The second kappa shape index (κ2) is 5.76. The predicted octanol–water partition coefficient (Wildman–Crippen LogP) is 1.78. The number of benzene rings is 1. The summed E-state index contributed by atoms with van der Waals surface area (Å²) in [6.45, 7) is 7.27. The van der Waals surface area contributed by atoms with Crippen molar-refractivity contribution in [1.82, 2.24) is 9.80 Å². The van der Waals surface area contributed by atoms with Crippen LogP contribution in [0.25, 0.3) is 0 Å². The van der Waals surface area contributed by atoms with Crippen molar-refractivity contribution < 1.29 is 14.3 Å². The van der Waals surface area contributed by atoms with Gasteiger partial charge in [-0.1, -0.05) is 6.07 Å².